The number of imide groups is 1. The van der Waals surface area contributed by atoms with Gasteiger partial charge >= 0.3 is 5.97 Å². The summed E-state index contributed by atoms with van der Waals surface area (Å²) in [7, 11) is 1.45. The first kappa shape index (κ1) is 19.8. The lowest BCUT2D eigenvalue weighted by Gasteiger charge is -2.29. The predicted molar refractivity (Wildman–Crippen MR) is 98.2 cm³/mol. The van der Waals surface area contributed by atoms with Crippen LogP contribution in [0.25, 0.3) is 0 Å². The van der Waals surface area contributed by atoms with E-state index >= 15 is 0 Å². The van der Waals surface area contributed by atoms with Gasteiger partial charge in [-0.15, -0.1) is 0 Å². The van der Waals surface area contributed by atoms with Gasteiger partial charge in [-0.2, -0.15) is 11.8 Å². The van der Waals surface area contributed by atoms with Gasteiger partial charge in [-0.1, -0.05) is 12.1 Å². The van der Waals surface area contributed by atoms with Crippen LogP contribution in [0.1, 0.15) is 24.9 Å². The summed E-state index contributed by atoms with van der Waals surface area (Å²) in [5.41, 5.74) is -0.432. The molecule has 0 aliphatic carbocycles. The number of halogens is 1. The second kappa shape index (κ2) is 7.59. The number of carbonyl (C=O) groups excluding carboxylic acids is 3. The van der Waals surface area contributed by atoms with Crippen LogP contribution in [0, 0.1) is 17.7 Å². The lowest BCUT2D eigenvalue weighted by molar-refractivity contribution is -0.734. The van der Waals surface area contributed by atoms with Crippen LogP contribution in [0.5, 0.6) is 0 Å². The number of ether oxygens (including phenoxy) is 1. The van der Waals surface area contributed by atoms with Crippen LogP contribution in [0.3, 0.4) is 0 Å². The van der Waals surface area contributed by atoms with Gasteiger partial charge in [0.1, 0.15) is 23.7 Å². The highest BCUT2D eigenvalue weighted by atomic mass is 32.2. The van der Waals surface area contributed by atoms with Crippen LogP contribution >= 0.6 is 11.8 Å². The molecular weight excluding hydrogens is 371 g/mol. The van der Waals surface area contributed by atoms with E-state index in [2.05, 4.69) is 0 Å². The number of rotatable bonds is 6. The van der Waals surface area contributed by atoms with E-state index in [1.54, 1.807) is 30.8 Å². The first-order chi connectivity index (χ1) is 12.9. The van der Waals surface area contributed by atoms with E-state index in [0.29, 0.717) is 12.2 Å². The lowest BCUT2D eigenvalue weighted by Crippen LogP contribution is -2.98. The third-order valence-corrected chi connectivity index (χ3v) is 6.23. The van der Waals surface area contributed by atoms with E-state index in [0.717, 1.165) is 10.5 Å². The Hall–Kier alpha value is -1.93. The predicted octanol–water partition coefficient (Wildman–Crippen LogP) is 0.730. The van der Waals surface area contributed by atoms with Crippen molar-refractivity contribution in [1.29, 1.82) is 0 Å². The topological polar surface area (TPSA) is 80.3 Å². The molecule has 0 saturated carbocycles. The molecule has 2 saturated heterocycles. The van der Waals surface area contributed by atoms with Crippen molar-refractivity contribution in [3.63, 3.8) is 0 Å². The second-order valence-corrected chi connectivity index (χ2v) is 7.97. The number of thioether (sulfide) groups is 1. The van der Waals surface area contributed by atoms with Crippen LogP contribution in [-0.4, -0.2) is 53.9 Å². The number of benzene rings is 1. The highest BCUT2D eigenvalue weighted by Crippen LogP contribution is 2.45. The number of carbonyl (C=O) groups is 3. The van der Waals surface area contributed by atoms with E-state index in [4.69, 9.17) is 4.74 Å². The largest absolute Gasteiger partial charge is 0.461 e. The number of fused-ring (bicyclic) bond motifs is 1. The number of quaternary nitrogens is 1. The Morgan fingerprint density at radius 3 is 2.56 bits per heavy atom. The molecule has 2 aliphatic heterocycles. The first-order valence-corrected chi connectivity index (χ1v) is 10.4. The van der Waals surface area contributed by atoms with Crippen molar-refractivity contribution in [2.45, 2.75) is 24.9 Å². The number of nitrogens with two attached hydrogens (primary N) is 1. The van der Waals surface area contributed by atoms with Crippen molar-refractivity contribution in [2.24, 2.45) is 11.8 Å². The van der Waals surface area contributed by atoms with Crippen LogP contribution < -0.4 is 5.32 Å². The van der Waals surface area contributed by atoms with Crippen molar-refractivity contribution in [2.75, 3.05) is 25.7 Å². The summed E-state index contributed by atoms with van der Waals surface area (Å²) in [6, 6.07) is 5.44. The smallest absolute Gasteiger partial charge is 0.368 e. The van der Waals surface area contributed by atoms with Crippen molar-refractivity contribution in [3.05, 3.63) is 35.6 Å². The van der Waals surface area contributed by atoms with E-state index in [-0.39, 0.29) is 24.2 Å². The molecule has 1 aromatic rings. The number of esters is 1. The molecule has 4 atom stereocenters. The van der Waals surface area contributed by atoms with Gasteiger partial charge in [0.25, 0.3) is 0 Å². The fourth-order valence-electron chi connectivity index (χ4n) is 4.33. The van der Waals surface area contributed by atoms with Gasteiger partial charge in [-0.05, 0) is 31.1 Å². The molecule has 0 unspecified atom stereocenters. The van der Waals surface area contributed by atoms with Crippen molar-refractivity contribution in [1.82, 2.24) is 4.90 Å². The summed E-state index contributed by atoms with van der Waals surface area (Å²) in [4.78, 5) is 39.9. The molecule has 0 aromatic heterocycles. The number of amides is 2. The quantitative estimate of drug-likeness (QED) is 0.567. The molecular formula is C19H24FN2O4S+. The molecule has 2 aliphatic rings. The van der Waals surface area contributed by atoms with Crippen molar-refractivity contribution < 1.29 is 28.8 Å². The van der Waals surface area contributed by atoms with Gasteiger partial charge in [0.2, 0.25) is 17.4 Å². The average molecular weight is 395 g/mol. The van der Waals surface area contributed by atoms with Crippen molar-refractivity contribution >= 4 is 29.5 Å². The normalized spacial score (nSPS) is 29.9. The highest BCUT2D eigenvalue weighted by Gasteiger charge is 2.71. The minimum absolute atomic E-state index is 0.199. The molecule has 0 bridgehead atoms. The molecule has 3 rings (SSSR count). The number of hydrogen-bond donors (Lipinski definition) is 1. The fraction of sp³-hybridized carbons (Fsp3) is 0.526. The first-order valence-electron chi connectivity index (χ1n) is 8.96. The maximum Gasteiger partial charge on any atom is 0.368 e. The molecule has 0 radical (unpaired) electrons. The second-order valence-electron chi connectivity index (χ2n) is 6.99. The summed E-state index contributed by atoms with van der Waals surface area (Å²) >= 11 is 1.57. The molecule has 0 spiro atoms. The summed E-state index contributed by atoms with van der Waals surface area (Å²) in [5.74, 6) is -2.28. The Bertz CT molecular complexity index is 757. The summed E-state index contributed by atoms with van der Waals surface area (Å²) < 4.78 is 18.7. The molecule has 27 heavy (non-hydrogen) atoms. The maximum atomic E-state index is 13.4. The minimum atomic E-state index is -1.15. The van der Waals surface area contributed by atoms with Gasteiger partial charge in [-0.3, -0.25) is 14.5 Å². The standard InChI is InChI=1S/C19H23FN2O4S/c1-4-26-18(25)19(9-10-27-3)14-13(16(23)22(2)17(14)24)15(21-19)11-5-7-12(20)8-6-11/h5-8,13-15,21H,4,9-10H2,1-3H3/p+1/t13-,14+,15-,19+/m0/s1. The summed E-state index contributed by atoms with van der Waals surface area (Å²) in [6.45, 7) is 1.92. The molecule has 2 N–H and O–H groups in total. The van der Waals surface area contributed by atoms with Gasteiger partial charge in [0, 0.05) is 19.0 Å². The zero-order valence-corrected chi connectivity index (χ0v) is 16.4. The van der Waals surface area contributed by atoms with E-state index < -0.39 is 29.4 Å². The van der Waals surface area contributed by atoms with Gasteiger partial charge in [0.05, 0.1) is 6.61 Å². The number of nitrogens with zero attached hydrogens (tertiary/aromatic N) is 1. The molecule has 2 amide bonds. The molecule has 2 heterocycles. The highest BCUT2D eigenvalue weighted by molar-refractivity contribution is 7.98. The average Bonchev–Trinajstić information content (AvgIpc) is 3.11. The summed E-state index contributed by atoms with van der Waals surface area (Å²) in [6.07, 6.45) is 2.34. The van der Waals surface area contributed by atoms with Crippen molar-refractivity contribution in [3.8, 4) is 0 Å². The number of hydrogen-bond acceptors (Lipinski definition) is 5. The summed E-state index contributed by atoms with van der Waals surface area (Å²) in [5, 5.41) is 1.81. The van der Waals surface area contributed by atoms with Crippen LogP contribution in [-0.2, 0) is 19.1 Å². The van der Waals surface area contributed by atoms with E-state index in [1.807, 2.05) is 11.6 Å². The Kier molecular flexibility index (Phi) is 5.58. The van der Waals surface area contributed by atoms with Gasteiger partial charge in [-0.25, -0.2) is 9.18 Å². The van der Waals surface area contributed by atoms with E-state index in [1.165, 1.54) is 19.2 Å². The maximum absolute atomic E-state index is 13.4. The van der Waals surface area contributed by atoms with Gasteiger partial charge in [0.15, 0.2) is 0 Å². The Labute approximate surface area is 161 Å². The minimum Gasteiger partial charge on any atom is -0.461 e. The monoisotopic (exact) mass is 395 g/mol. The van der Waals surface area contributed by atoms with Crippen LogP contribution in [0.4, 0.5) is 4.39 Å². The zero-order valence-electron chi connectivity index (χ0n) is 15.6. The third-order valence-electron chi connectivity index (χ3n) is 5.62. The molecule has 8 heteroatoms. The number of likely N-dealkylation sites (tertiary alicyclic amines) is 1. The Balaban J connectivity index is 2.10. The van der Waals surface area contributed by atoms with Gasteiger partial charge < -0.3 is 10.1 Å². The molecule has 146 valence electrons. The molecule has 6 nitrogen and oxygen atoms in total. The lowest BCUT2D eigenvalue weighted by atomic mass is 9.78. The molecule has 2 fully saturated rings. The Morgan fingerprint density at radius 1 is 1.30 bits per heavy atom. The van der Waals surface area contributed by atoms with E-state index in [9.17, 15) is 18.8 Å². The zero-order chi connectivity index (χ0) is 19.8. The van der Waals surface area contributed by atoms with Crippen LogP contribution in [0.15, 0.2) is 24.3 Å². The van der Waals surface area contributed by atoms with Crippen LogP contribution in [0.2, 0.25) is 0 Å². The fourth-order valence-corrected chi connectivity index (χ4v) is 4.87. The Morgan fingerprint density at radius 2 is 1.96 bits per heavy atom. The SMILES string of the molecule is CCOC(=O)[C@]1(CCSC)[NH2+][C@@H](c2ccc(F)cc2)[C@H]2C(=O)N(C)C(=O)[C@@H]21. The molecule has 1 aromatic carbocycles. The third kappa shape index (κ3) is 3.14.